The Balaban J connectivity index is 1.70. The zero-order chi connectivity index (χ0) is 17.5. The predicted molar refractivity (Wildman–Crippen MR) is 96.1 cm³/mol. The van der Waals surface area contributed by atoms with E-state index in [9.17, 15) is 9.59 Å². The molecule has 3 amide bonds. The van der Waals surface area contributed by atoms with Gasteiger partial charge in [-0.1, -0.05) is 36.4 Å². The number of benzene rings is 1. The number of nitrogens with zero attached hydrogens (tertiary/aromatic N) is 2. The molecule has 6 heteroatoms. The number of nitrogens with one attached hydrogen (secondary N) is 2. The topological polar surface area (TPSA) is 74.3 Å². The molecule has 1 aliphatic rings. The van der Waals surface area contributed by atoms with E-state index in [4.69, 9.17) is 0 Å². The standard InChI is InChI=1S/C19H22N4O2/c24-18(22-17-10-4-5-11-20-17)16(14-15-8-2-1-3-9-15)21-19(25)23-12-6-7-13-23/h1-5,8-11,16H,6-7,12-14H2,(H,21,25)(H,20,22,24). The van der Waals surface area contributed by atoms with E-state index < -0.39 is 6.04 Å². The van der Waals surface area contributed by atoms with Crippen LogP contribution < -0.4 is 10.6 Å². The van der Waals surface area contributed by atoms with Gasteiger partial charge in [0.1, 0.15) is 11.9 Å². The largest absolute Gasteiger partial charge is 0.326 e. The van der Waals surface area contributed by atoms with Crippen LogP contribution in [-0.4, -0.2) is 41.0 Å². The van der Waals surface area contributed by atoms with Crippen LogP contribution in [0.1, 0.15) is 18.4 Å². The maximum absolute atomic E-state index is 12.7. The average molecular weight is 338 g/mol. The summed E-state index contributed by atoms with van der Waals surface area (Å²) in [5, 5.41) is 5.65. The van der Waals surface area contributed by atoms with Crippen LogP contribution in [0, 0.1) is 0 Å². The molecule has 0 spiro atoms. The fraction of sp³-hybridized carbons (Fsp3) is 0.316. The average Bonchev–Trinajstić information content (AvgIpc) is 3.18. The maximum Gasteiger partial charge on any atom is 0.318 e. The molecule has 0 aliphatic carbocycles. The normalized spacial score (nSPS) is 14.8. The van der Waals surface area contributed by atoms with Gasteiger partial charge in [-0.05, 0) is 30.5 Å². The molecule has 0 bridgehead atoms. The van der Waals surface area contributed by atoms with Gasteiger partial charge < -0.3 is 15.5 Å². The van der Waals surface area contributed by atoms with Crippen molar-refractivity contribution >= 4 is 17.8 Å². The van der Waals surface area contributed by atoms with Crippen molar-refractivity contribution in [1.29, 1.82) is 0 Å². The zero-order valence-corrected chi connectivity index (χ0v) is 14.0. The van der Waals surface area contributed by atoms with Gasteiger partial charge in [0.15, 0.2) is 0 Å². The molecule has 1 aliphatic heterocycles. The molecule has 3 rings (SSSR count). The minimum Gasteiger partial charge on any atom is -0.326 e. The summed E-state index contributed by atoms with van der Waals surface area (Å²) in [5.41, 5.74) is 0.991. The molecule has 2 N–H and O–H groups in total. The Labute approximate surface area is 147 Å². The molecule has 0 radical (unpaired) electrons. The van der Waals surface area contributed by atoms with Gasteiger partial charge in [0.25, 0.3) is 0 Å². The smallest absolute Gasteiger partial charge is 0.318 e. The highest BCUT2D eigenvalue weighted by Gasteiger charge is 2.25. The summed E-state index contributed by atoms with van der Waals surface area (Å²) >= 11 is 0. The fourth-order valence-corrected chi connectivity index (χ4v) is 2.87. The highest BCUT2D eigenvalue weighted by molar-refractivity contribution is 5.96. The van der Waals surface area contributed by atoms with Gasteiger partial charge in [-0.25, -0.2) is 9.78 Å². The van der Waals surface area contributed by atoms with Gasteiger partial charge in [0, 0.05) is 25.7 Å². The lowest BCUT2D eigenvalue weighted by Gasteiger charge is -2.22. The second-order valence-electron chi connectivity index (χ2n) is 6.09. The summed E-state index contributed by atoms with van der Waals surface area (Å²) in [4.78, 5) is 31.0. The molecule has 1 saturated heterocycles. The summed E-state index contributed by atoms with van der Waals surface area (Å²) in [6.07, 6.45) is 4.07. The number of hydrogen-bond donors (Lipinski definition) is 2. The third kappa shape index (κ3) is 4.79. The van der Waals surface area contributed by atoms with Crippen LogP contribution in [0.25, 0.3) is 0 Å². The summed E-state index contributed by atoms with van der Waals surface area (Å²) in [6, 6.07) is 14.1. The van der Waals surface area contributed by atoms with Crippen LogP contribution in [0.15, 0.2) is 54.7 Å². The molecule has 1 fully saturated rings. The zero-order valence-electron chi connectivity index (χ0n) is 14.0. The molecular weight excluding hydrogens is 316 g/mol. The molecule has 130 valence electrons. The molecule has 0 saturated carbocycles. The lowest BCUT2D eigenvalue weighted by molar-refractivity contribution is -0.118. The Bertz CT molecular complexity index is 700. The Kier molecular flexibility index (Phi) is 5.61. The van der Waals surface area contributed by atoms with Crippen molar-refractivity contribution in [3.63, 3.8) is 0 Å². The molecule has 2 heterocycles. The molecular formula is C19H22N4O2. The van der Waals surface area contributed by atoms with Gasteiger partial charge in [0.05, 0.1) is 0 Å². The van der Waals surface area contributed by atoms with Crippen molar-refractivity contribution in [1.82, 2.24) is 15.2 Å². The Hall–Kier alpha value is -2.89. The first-order valence-corrected chi connectivity index (χ1v) is 8.53. The minimum atomic E-state index is -0.655. The third-order valence-corrected chi connectivity index (χ3v) is 4.21. The number of likely N-dealkylation sites (tertiary alicyclic amines) is 1. The van der Waals surface area contributed by atoms with Crippen LogP contribution in [0.4, 0.5) is 10.6 Å². The molecule has 1 aromatic carbocycles. The van der Waals surface area contributed by atoms with Crippen molar-refractivity contribution in [2.75, 3.05) is 18.4 Å². The number of urea groups is 1. The fourth-order valence-electron chi connectivity index (χ4n) is 2.87. The Morgan fingerprint density at radius 3 is 2.44 bits per heavy atom. The van der Waals surface area contributed by atoms with E-state index in [1.807, 2.05) is 30.3 Å². The maximum atomic E-state index is 12.7. The van der Waals surface area contributed by atoms with E-state index in [2.05, 4.69) is 15.6 Å². The molecule has 25 heavy (non-hydrogen) atoms. The van der Waals surface area contributed by atoms with Gasteiger partial charge >= 0.3 is 6.03 Å². The summed E-state index contributed by atoms with van der Waals surface area (Å²) in [7, 11) is 0. The van der Waals surface area contributed by atoms with Crippen LogP contribution in [0.5, 0.6) is 0 Å². The second-order valence-corrected chi connectivity index (χ2v) is 6.09. The van der Waals surface area contributed by atoms with Gasteiger partial charge in [-0.2, -0.15) is 0 Å². The first kappa shape index (κ1) is 17.0. The second kappa shape index (κ2) is 8.28. The number of pyridine rings is 1. The number of amides is 3. The highest BCUT2D eigenvalue weighted by Crippen LogP contribution is 2.10. The van der Waals surface area contributed by atoms with E-state index in [1.165, 1.54) is 0 Å². The van der Waals surface area contributed by atoms with Crippen molar-refractivity contribution < 1.29 is 9.59 Å². The van der Waals surface area contributed by atoms with Crippen LogP contribution in [0.2, 0.25) is 0 Å². The van der Waals surface area contributed by atoms with E-state index in [-0.39, 0.29) is 11.9 Å². The number of carbonyl (C=O) groups is 2. The first-order valence-electron chi connectivity index (χ1n) is 8.53. The van der Waals surface area contributed by atoms with E-state index in [0.29, 0.717) is 12.2 Å². The monoisotopic (exact) mass is 338 g/mol. The van der Waals surface area contributed by atoms with Gasteiger partial charge in [0.2, 0.25) is 5.91 Å². The SMILES string of the molecule is O=C(Nc1ccccn1)C(Cc1ccccc1)NC(=O)N1CCCC1. The van der Waals surface area contributed by atoms with Crippen molar-refractivity contribution in [3.8, 4) is 0 Å². The van der Waals surface area contributed by atoms with E-state index in [1.54, 1.807) is 29.3 Å². The summed E-state index contributed by atoms with van der Waals surface area (Å²) in [5.74, 6) is 0.205. The van der Waals surface area contributed by atoms with E-state index in [0.717, 1.165) is 31.5 Å². The Morgan fingerprint density at radius 2 is 1.76 bits per heavy atom. The van der Waals surface area contributed by atoms with Gasteiger partial charge in [-0.3, -0.25) is 4.79 Å². The predicted octanol–water partition coefficient (Wildman–Crippen LogP) is 2.44. The van der Waals surface area contributed by atoms with Crippen molar-refractivity contribution in [2.45, 2.75) is 25.3 Å². The molecule has 1 aromatic heterocycles. The number of aromatic nitrogens is 1. The number of hydrogen-bond acceptors (Lipinski definition) is 3. The quantitative estimate of drug-likeness (QED) is 0.879. The molecule has 2 aromatic rings. The number of rotatable bonds is 5. The number of anilines is 1. The lowest BCUT2D eigenvalue weighted by atomic mass is 10.1. The summed E-state index contributed by atoms with van der Waals surface area (Å²) < 4.78 is 0. The van der Waals surface area contributed by atoms with Crippen LogP contribution in [0.3, 0.4) is 0 Å². The highest BCUT2D eigenvalue weighted by atomic mass is 16.2. The van der Waals surface area contributed by atoms with E-state index >= 15 is 0 Å². The van der Waals surface area contributed by atoms with Crippen LogP contribution in [-0.2, 0) is 11.2 Å². The third-order valence-electron chi connectivity index (χ3n) is 4.21. The first-order chi connectivity index (χ1) is 12.2. The van der Waals surface area contributed by atoms with Crippen molar-refractivity contribution in [3.05, 3.63) is 60.3 Å². The van der Waals surface area contributed by atoms with Crippen molar-refractivity contribution in [2.24, 2.45) is 0 Å². The lowest BCUT2D eigenvalue weighted by Crippen LogP contribution is -2.49. The minimum absolute atomic E-state index is 0.186. The summed E-state index contributed by atoms with van der Waals surface area (Å²) in [6.45, 7) is 1.48. The Morgan fingerprint density at radius 1 is 1.04 bits per heavy atom. The molecule has 6 nitrogen and oxygen atoms in total. The van der Waals surface area contributed by atoms with Crippen LogP contribution >= 0.6 is 0 Å². The van der Waals surface area contributed by atoms with Gasteiger partial charge in [-0.15, -0.1) is 0 Å². The number of carbonyl (C=O) groups excluding carboxylic acids is 2. The molecule has 1 atom stereocenters. The molecule has 1 unspecified atom stereocenters.